The van der Waals surface area contributed by atoms with Crippen molar-refractivity contribution in [2.75, 3.05) is 52.6 Å². The van der Waals surface area contributed by atoms with Crippen LogP contribution in [0.2, 0.25) is 0 Å². The molecule has 3 saturated heterocycles. The van der Waals surface area contributed by atoms with Crippen molar-refractivity contribution in [1.29, 1.82) is 0 Å². The number of unbranched alkanes of at least 4 members (excludes halogenated alkanes) is 1. The monoisotopic (exact) mass is 1050 g/mol. The summed E-state index contributed by atoms with van der Waals surface area (Å²) in [5, 5.41) is 36.9. The predicted molar refractivity (Wildman–Crippen MR) is 265 cm³/mol. The SMILES string of the molecule is CCC/C=C/[N+](=O)[O-].CCC[C@@H](C[N+](=O)[O-])C(CC)C(=O)OCC.CCC[C@H]1CNC(=O)C1.CCC[C@H]1CNC(=O)[C@@H]1C(=O)O.CCC[C@H]1CNC(=O)[C@@H]1C(=O)OCC.CCOC(=O)CC(=O)OCC.O=C=O. The summed E-state index contributed by atoms with van der Waals surface area (Å²) in [5.41, 5.74) is 0. The van der Waals surface area contributed by atoms with Crippen LogP contribution in [-0.4, -0.2) is 121 Å². The molecule has 4 N–H and O–H groups in total. The van der Waals surface area contributed by atoms with Gasteiger partial charge in [0.05, 0.1) is 37.3 Å². The lowest BCUT2D eigenvalue weighted by atomic mass is 9.86. The van der Waals surface area contributed by atoms with E-state index in [1.165, 1.54) is 12.8 Å². The first kappa shape index (κ1) is 73.2. The van der Waals surface area contributed by atoms with E-state index >= 15 is 0 Å². The molecule has 3 aliphatic heterocycles. The molecule has 0 radical (unpaired) electrons. The van der Waals surface area contributed by atoms with Crippen molar-refractivity contribution >= 4 is 53.7 Å². The molecule has 0 aliphatic carbocycles. The van der Waals surface area contributed by atoms with Gasteiger partial charge in [-0.2, -0.15) is 9.59 Å². The fourth-order valence-corrected chi connectivity index (χ4v) is 7.54. The van der Waals surface area contributed by atoms with Crippen molar-refractivity contribution in [2.45, 2.75) is 153 Å². The minimum absolute atomic E-state index is 0.0139. The van der Waals surface area contributed by atoms with Gasteiger partial charge in [-0.3, -0.25) is 58.6 Å². The minimum atomic E-state index is -0.997. The number of amides is 3. The molecule has 3 aliphatic rings. The van der Waals surface area contributed by atoms with Crippen LogP contribution in [0.3, 0.4) is 0 Å². The summed E-state index contributed by atoms with van der Waals surface area (Å²) in [5.74, 6) is -4.23. The summed E-state index contributed by atoms with van der Waals surface area (Å²) in [6.45, 7) is 22.0. The van der Waals surface area contributed by atoms with E-state index in [1.807, 2.05) is 34.6 Å². The number of carboxylic acid groups (broad SMARTS) is 1. The molecule has 420 valence electrons. The topological polar surface area (TPSA) is 350 Å². The van der Waals surface area contributed by atoms with Gasteiger partial charge >= 0.3 is 36.0 Å². The van der Waals surface area contributed by atoms with Crippen LogP contribution in [0, 0.1) is 61.7 Å². The van der Waals surface area contributed by atoms with Gasteiger partial charge in [-0.1, -0.05) is 73.6 Å². The highest BCUT2D eigenvalue weighted by Crippen LogP contribution is 2.25. The van der Waals surface area contributed by atoms with Crippen molar-refractivity contribution in [1.82, 2.24) is 16.0 Å². The molecule has 7 atom stereocenters. The standard InChI is InChI=1S/C11H21NO4.C10H17NO3.C8H13NO3.C7H13NO.C7H12O4.C5H9NO2.CO2/c1-4-7-9(8-12(14)15)10(5-2)11(13)16-6-3;1-3-5-7-6-11-9(12)8(7)10(13)14-4-2;1-2-3-5-4-9-7(10)6(5)8(11)12;1-2-3-6-4-7(9)8-5-6;1-3-10-6(8)5-7(9)11-4-2;1-2-3-4-5-6(7)8;2-1-3/h9-10H,4-8H2,1-3H3;7-8H,3-6H2,1-2H3,(H,11,12);5-6H,2-4H2,1H3,(H,9,10)(H,11,12);6H,2-5H2,1H3,(H,8,9);3-5H2,1-2H3;4-5H,2-3H2,1H3;/b;;;;;5-4+;/t9-,10?;7-,8+;5-,6+;6-;;;/m0001.../s1. The van der Waals surface area contributed by atoms with E-state index in [-0.39, 0.29) is 90.6 Å². The average molecular weight is 1050 g/mol. The zero-order chi connectivity index (χ0) is 56.7. The molecule has 0 spiro atoms. The number of nitro groups is 2. The average Bonchev–Trinajstić information content (AvgIpc) is 4.02. The highest BCUT2D eigenvalue weighted by Gasteiger charge is 2.41. The molecule has 3 amide bonds. The van der Waals surface area contributed by atoms with E-state index in [2.05, 4.69) is 32.3 Å². The molecule has 24 nitrogen and oxygen atoms in total. The van der Waals surface area contributed by atoms with Gasteiger partial charge in [-0.15, -0.1) is 0 Å². The Labute approximate surface area is 429 Å². The smallest absolute Gasteiger partial charge is 0.373 e. The Morgan fingerprint density at radius 2 is 1.16 bits per heavy atom. The predicted octanol–water partition coefficient (Wildman–Crippen LogP) is 5.63. The first-order valence-electron chi connectivity index (χ1n) is 25.3. The summed E-state index contributed by atoms with van der Waals surface area (Å²) in [7, 11) is 0. The first-order valence-corrected chi connectivity index (χ1v) is 25.3. The van der Waals surface area contributed by atoms with Crippen LogP contribution in [-0.2, 0) is 66.9 Å². The number of allylic oxidation sites excluding steroid dienone is 1. The second-order valence-corrected chi connectivity index (χ2v) is 16.5. The lowest BCUT2D eigenvalue weighted by Gasteiger charge is -2.20. The molecular weight excluding hydrogens is 963 g/mol. The van der Waals surface area contributed by atoms with Gasteiger partial charge in [0, 0.05) is 36.9 Å². The number of carbonyl (C=O) groups is 8. The Morgan fingerprint density at radius 3 is 1.53 bits per heavy atom. The van der Waals surface area contributed by atoms with E-state index < -0.39 is 34.7 Å². The van der Waals surface area contributed by atoms with Gasteiger partial charge in [0.1, 0.15) is 18.3 Å². The fraction of sp³-hybridized carbons (Fsp3) is 0.776. The molecule has 1 unspecified atom stereocenters. The van der Waals surface area contributed by atoms with Crippen molar-refractivity contribution in [3.63, 3.8) is 0 Å². The van der Waals surface area contributed by atoms with E-state index in [4.69, 9.17) is 24.2 Å². The molecule has 0 aromatic heterocycles. The number of nitrogens with zero attached hydrogens (tertiary/aromatic N) is 2. The van der Waals surface area contributed by atoms with Crippen LogP contribution < -0.4 is 16.0 Å². The van der Waals surface area contributed by atoms with Crippen molar-refractivity contribution in [3.05, 3.63) is 32.5 Å². The largest absolute Gasteiger partial charge is 0.481 e. The van der Waals surface area contributed by atoms with Gasteiger partial charge in [-0.25, -0.2) is 0 Å². The molecule has 73 heavy (non-hydrogen) atoms. The Kier molecular flexibility index (Phi) is 48.1. The Hall–Kier alpha value is -6.32. The highest BCUT2D eigenvalue weighted by atomic mass is 16.6. The van der Waals surface area contributed by atoms with E-state index in [0.717, 1.165) is 64.1 Å². The maximum Gasteiger partial charge on any atom is 0.373 e. The van der Waals surface area contributed by atoms with Crippen LogP contribution in [0.5, 0.6) is 0 Å². The lowest BCUT2D eigenvalue weighted by Crippen LogP contribution is -2.30. The molecule has 0 saturated carbocycles. The second-order valence-electron chi connectivity index (χ2n) is 16.5. The number of hydrogen-bond acceptors (Lipinski definition) is 18. The highest BCUT2D eigenvalue weighted by molar-refractivity contribution is 6.00. The number of hydrogen-bond donors (Lipinski definition) is 4. The maximum atomic E-state index is 11.6. The van der Waals surface area contributed by atoms with Crippen LogP contribution >= 0.6 is 0 Å². The number of carbonyl (C=O) groups excluding carboxylic acids is 9. The normalized spacial score (nSPS) is 18.6. The summed E-state index contributed by atoms with van der Waals surface area (Å²) < 4.78 is 18.9. The van der Waals surface area contributed by atoms with Crippen LogP contribution in [0.1, 0.15) is 153 Å². The molecule has 0 aromatic carbocycles. The number of esters is 4. The third-order valence-corrected chi connectivity index (χ3v) is 10.7. The van der Waals surface area contributed by atoms with Crippen LogP contribution in [0.15, 0.2) is 12.3 Å². The van der Waals surface area contributed by atoms with E-state index in [1.54, 1.807) is 33.8 Å². The van der Waals surface area contributed by atoms with Crippen LogP contribution in [0.4, 0.5) is 0 Å². The zero-order valence-electron chi connectivity index (χ0n) is 44.7. The van der Waals surface area contributed by atoms with Gasteiger partial charge < -0.3 is 40.0 Å². The van der Waals surface area contributed by atoms with E-state index in [0.29, 0.717) is 45.1 Å². The molecule has 3 heterocycles. The maximum absolute atomic E-state index is 11.6. The van der Waals surface area contributed by atoms with Gasteiger partial charge in [0.2, 0.25) is 30.5 Å². The summed E-state index contributed by atoms with van der Waals surface area (Å²) in [4.78, 5) is 124. The zero-order valence-corrected chi connectivity index (χ0v) is 44.7. The van der Waals surface area contributed by atoms with Gasteiger partial charge in [-0.05, 0) is 90.0 Å². The van der Waals surface area contributed by atoms with E-state index in [9.17, 15) is 58.6 Å². The fourth-order valence-electron chi connectivity index (χ4n) is 7.54. The van der Waals surface area contributed by atoms with Crippen molar-refractivity contribution < 1.29 is 81.8 Å². The number of aliphatic carboxylic acids is 1. The third-order valence-electron chi connectivity index (χ3n) is 10.7. The van der Waals surface area contributed by atoms with Crippen LogP contribution in [0.25, 0.3) is 0 Å². The molecular formula is C49H85N5O19. The van der Waals surface area contributed by atoms with Crippen molar-refractivity contribution in [2.24, 2.45) is 41.4 Å². The molecule has 24 heteroatoms. The molecule has 3 fully saturated rings. The number of rotatable bonds is 24. The first-order chi connectivity index (χ1) is 34.6. The molecule has 3 rings (SSSR count). The van der Waals surface area contributed by atoms with Crippen molar-refractivity contribution in [3.8, 4) is 0 Å². The molecule has 0 aromatic rings. The second kappa shape index (κ2) is 48.0. The number of nitrogens with one attached hydrogen (secondary N) is 3. The minimum Gasteiger partial charge on any atom is -0.481 e. The number of carboxylic acids is 1. The Bertz CT molecular complexity index is 1670. The van der Waals surface area contributed by atoms with Gasteiger partial charge in [0.15, 0.2) is 0 Å². The summed E-state index contributed by atoms with van der Waals surface area (Å²) >= 11 is 0. The Morgan fingerprint density at radius 1 is 0.685 bits per heavy atom. The molecule has 0 bridgehead atoms. The van der Waals surface area contributed by atoms with Gasteiger partial charge in [0.25, 0.3) is 0 Å². The Balaban J connectivity index is -0.000000392. The quantitative estimate of drug-likeness (QED) is 0.0299. The summed E-state index contributed by atoms with van der Waals surface area (Å²) in [6.07, 6.45) is 13.1. The number of ether oxygens (including phenoxy) is 4. The summed E-state index contributed by atoms with van der Waals surface area (Å²) in [6, 6.07) is 0. The lowest BCUT2D eigenvalue weighted by molar-refractivity contribution is -0.489. The third kappa shape index (κ3) is 38.0.